The molecule has 5 nitrogen and oxygen atoms in total. The number of carboxylic acid groups (broad SMARTS) is 1. The highest BCUT2D eigenvalue weighted by molar-refractivity contribution is 7.09. The summed E-state index contributed by atoms with van der Waals surface area (Å²) in [7, 11) is 0. The molecule has 0 saturated heterocycles. The molecule has 0 spiro atoms. The van der Waals surface area contributed by atoms with Gasteiger partial charge in [0, 0.05) is 11.4 Å². The maximum atomic E-state index is 11.0. The molecule has 0 atom stereocenters. The number of aromatic nitrogens is 1. The second-order valence-electron chi connectivity index (χ2n) is 3.72. The van der Waals surface area contributed by atoms with Crippen molar-refractivity contribution in [1.29, 1.82) is 0 Å². The summed E-state index contributed by atoms with van der Waals surface area (Å²) in [5.74, 6) is -0.807. The number of pyridine rings is 1. The molecule has 0 amide bonds. The zero-order valence-electron chi connectivity index (χ0n) is 9.59. The number of nitrogens with one attached hydrogen (secondary N) is 1. The summed E-state index contributed by atoms with van der Waals surface area (Å²) in [6.45, 7) is 0.659. The second kappa shape index (κ2) is 5.50. The predicted molar refractivity (Wildman–Crippen MR) is 72.1 cm³/mol. The highest BCUT2D eigenvalue weighted by Gasteiger charge is 2.10. The average molecular weight is 263 g/mol. The zero-order chi connectivity index (χ0) is 13.0. The Morgan fingerprint density at radius 2 is 2.39 bits per heavy atom. The van der Waals surface area contributed by atoms with Crippen LogP contribution in [0.15, 0.2) is 29.8 Å². The Morgan fingerprint density at radius 3 is 3.06 bits per heavy atom. The lowest BCUT2D eigenvalue weighted by Gasteiger charge is -2.08. The van der Waals surface area contributed by atoms with Crippen molar-refractivity contribution in [2.24, 2.45) is 0 Å². The molecule has 0 bridgehead atoms. The van der Waals surface area contributed by atoms with Gasteiger partial charge in [-0.3, -0.25) is 0 Å². The Hall–Kier alpha value is -2.08. The van der Waals surface area contributed by atoms with E-state index in [1.165, 1.54) is 17.1 Å². The van der Waals surface area contributed by atoms with Crippen LogP contribution in [0.2, 0.25) is 0 Å². The number of hydrogen-bond acceptors (Lipinski definition) is 5. The third-order valence-electron chi connectivity index (χ3n) is 2.42. The van der Waals surface area contributed by atoms with Gasteiger partial charge < -0.3 is 16.2 Å². The van der Waals surface area contributed by atoms with E-state index in [0.717, 1.165) is 6.42 Å². The summed E-state index contributed by atoms with van der Waals surface area (Å²) >= 11 is 1.68. The van der Waals surface area contributed by atoms with E-state index in [4.69, 9.17) is 10.8 Å². The highest BCUT2D eigenvalue weighted by atomic mass is 32.1. The predicted octanol–water partition coefficient (Wildman–Crippen LogP) is 2.08. The molecule has 0 aliphatic carbocycles. The fourth-order valence-corrected chi connectivity index (χ4v) is 2.27. The van der Waals surface area contributed by atoms with Crippen molar-refractivity contribution >= 4 is 28.8 Å². The maximum absolute atomic E-state index is 11.0. The van der Waals surface area contributed by atoms with Gasteiger partial charge in [0.05, 0.1) is 17.4 Å². The molecule has 2 rings (SSSR count). The minimum absolute atomic E-state index is 0.147. The number of nitrogen functional groups attached to an aromatic ring is 1. The van der Waals surface area contributed by atoms with E-state index in [0.29, 0.717) is 12.2 Å². The number of carboxylic acids is 1. The van der Waals surface area contributed by atoms with Crippen LogP contribution in [0.25, 0.3) is 0 Å². The van der Waals surface area contributed by atoms with E-state index in [2.05, 4.69) is 10.3 Å². The van der Waals surface area contributed by atoms with E-state index in [9.17, 15) is 4.79 Å². The second-order valence-corrected chi connectivity index (χ2v) is 4.75. The van der Waals surface area contributed by atoms with Gasteiger partial charge in [0.15, 0.2) is 0 Å². The SMILES string of the molecule is Nc1cc(C(=O)O)c(NCCc2cccs2)cn1. The van der Waals surface area contributed by atoms with Crippen LogP contribution in [0.1, 0.15) is 15.2 Å². The van der Waals surface area contributed by atoms with Crippen molar-refractivity contribution in [3.05, 3.63) is 40.2 Å². The number of rotatable bonds is 5. The van der Waals surface area contributed by atoms with Gasteiger partial charge in [-0.1, -0.05) is 6.07 Å². The Kier molecular flexibility index (Phi) is 3.78. The van der Waals surface area contributed by atoms with E-state index in [-0.39, 0.29) is 11.4 Å². The van der Waals surface area contributed by atoms with Gasteiger partial charge in [-0.15, -0.1) is 11.3 Å². The van der Waals surface area contributed by atoms with Gasteiger partial charge in [-0.2, -0.15) is 0 Å². The summed E-state index contributed by atoms with van der Waals surface area (Å²) in [5, 5.41) is 14.1. The molecular weight excluding hydrogens is 250 g/mol. The first-order chi connectivity index (χ1) is 8.66. The lowest BCUT2D eigenvalue weighted by atomic mass is 10.2. The smallest absolute Gasteiger partial charge is 0.337 e. The first-order valence-corrected chi connectivity index (χ1v) is 6.30. The summed E-state index contributed by atoms with van der Waals surface area (Å²) < 4.78 is 0. The van der Waals surface area contributed by atoms with Crippen LogP contribution in [-0.2, 0) is 6.42 Å². The molecule has 0 aliphatic rings. The minimum Gasteiger partial charge on any atom is -0.478 e. The number of hydrogen-bond donors (Lipinski definition) is 3. The van der Waals surface area contributed by atoms with Gasteiger partial charge in [-0.25, -0.2) is 9.78 Å². The summed E-state index contributed by atoms with van der Waals surface area (Å²) in [4.78, 5) is 16.2. The molecule has 4 N–H and O–H groups in total. The van der Waals surface area contributed by atoms with E-state index >= 15 is 0 Å². The van der Waals surface area contributed by atoms with Crippen LogP contribution in [0, 0.1) is 0 Å². The third kappa shape index (κ3) is 2.98. The fourth-order valence-electron chi connectivity index (χ4n) is 1.56. The van der Waals surface area contributed by atoms with E-state index in [1.54, 1.807) is 11.3 Å². The molecule has 2 aromatic heterocycles. The molecule has 0 saturated carbocycles. The number of nitrogens with two attached hydrogens (primary N) is 1. The molecule has 94 valence electrons. The van der Waals surface area contributed by atoms with Crippen molar-refractivity contribution in [1.82, 2.24) is 4.98 Å². The Bertz CT molecular complexity index is 540. The van der Waals surface area contributed by atoms with Crippen LogP contribution in [0.5, 0.6) is 0 Å². The van der Waals surface area contributed by atoms with Gasteiger partial charge in [0.25, 0.3) is 0 Å². The molecule has 2 heterocycles. The quantitative estimate of drug-likeness (QED) is 0.768. The van der Waals surface area contributed by atoms with Crippen molar-refractivity contribution < 1.29 is 9.90 Å². The van der Waals surface area contributed by atoms with Crippen LogP contribution in [0.4, 0.5) is 11.5 Å². The molecule has 6 heteroatoms. The van der Waals surface area contributed by atoms with Crippen molar-refractivity contribution in [3.63, 3.8) is 0 Å². The molecule has 2 aromatic rings. The lowest BCUT2D eigenvalue weighted by Crippen LogP contribution is -2.10. The number of thiophene rings is 1. The largest absolute Gasteiger partial charge is 0.478 e. The first-order valence-electron chi connectivity index (χ1n) is 5.42. The van der Waals surface area contributed by atoms with Crippen LogP contribution in [0.3, 0.4) is 0 Å². The van der Waals surface area contributed by atoms with E-state index < -0.39 is 5.97 Å². The molecule has 18 heavy (non-hydrogen) atoms. The molecule has 0 aromatic carbocycles. The number of anilines is 2. The first kappa shape index (κ1) is 12.4. The standard InChI is InChI=1S/C12H13N3O2S/c13-11-6-9(12(16)17)10(7-15-11)14-4-3-8-2-1-5-18-8/h1-2,5-7,14H,3-4H2,(H2,13,15)(H,16,17). The third-order valence-corrected chi connectivity index (χ3v) is 3.36. The van der Waals surface area contributed by atoms with Crippen molar-refractivity contribution in [2.45, 2.75) is 6.42 Å². The number of nitrogens with zero attached hydrogens (tertiary/aromatic N) is 1. The topological polar surface area (TPSA) is 88.2 Å². The highest BCUT2D eigenvalue weighted by Crippen LogP contribution is 2.17. The molecule has 0 radical (unpaired) electrons. The normalized spacial score (nSPS) is 10.2. The Morgan fingerprint density at radius 1 is 1.56 bits per heavy atom. The monoisotopic (exact) mass is 263 g/mol. The van der Waals surface area contributed by atoms with Crippen LogP contribution >= 0.6 is 11.3 Å². The van der Waals surface area contributed by atoms with Crippen molar-refractivity contribution in [3.8, 4) is 0 Å². The van der Waals surface area contributed by atoms with Crippen LogP contribution < -0.4 is 11.1 Å². The van der Waals surface area contributed by atoms with Gasteiger partial charge in [-0.05, 0) is 23.9 Å². The molecule has 0 fully saturated rings. The maximum Gasteiger partial charge on any atom is 0.337 e. The number of aromatic carboxylic acids is 1. The minimum atomic E-state index is -1.01. The summed E-state index contributed by atoms with van der Waals surface area (Å²) in [5.41, 5.74) is 6.11. The van der Waals surface area contributed by atoms with Crippen molar-refractivity contribution in [2.75, 3.05) is 17.6 Å². The van der Waals surface area contributed by atoms with E-state index in [1.807, 2.05) is 17.5 Å². The zero-order valence-corrected chi connectivity index (χ0v) is 10.4. The Labute approximate surface area is 108 Å². The lowest BCUT2D eigenvalue weighted by molar-refractivity contribution is 0.0698. The molecular formula is C12H13N3O2S. The average Bonchev–Trinajstić information content (AvgIpc) is 2.84. The van der Waals surface area contributed by atoms with Gasteiger partial charge >= 0.3 is 5.97 Å². The fraction of sp³-hybridized carbons (Fsp3) is 0.167. The Balaban J connectivity index is 2.02. The van der Waals surface area contributed by atoms with Gasteiger partial charge in [0.1, 0.15) is 5.82 Å². The molecule has 0 aliphatic heterocycles. The number of carbonyl (C=O) groups is 1. The summed E-state index contributed by atoms with van der Waals surface area (Å²) in [6.07, 6.45) is 2.30. The van der Waals surface area contributed by atoms with Crippen LogP contribution in [-0.4, -0.2) is 22.6 Å². The summed E-state index contributed by atoms with van der Waals surface area (Å²) in [6, 6.07) is 5.40. The molecule has 0 unspecified atom stereocenters. The van der Waals surface area contributed by atoms with Gasteiger partial charge in [0.2, 0.25) is 0 Å².